The summed E-state index contributed by atoms with van der Waals surface area (Å²) in [6.07, 6.45) is 0.843. The maximum atomic E-state index is 12.3. The normalized spacial score (nSPS) is 10.4. The SMILES string of the molecule is CCc1ccccc1NCC(=O)Nc1ccccc1OC(F)F. The first-order valence-corrected chi connectivity index (χ1v) is 7.25. The zero-order chi connectivity index (χ0) is 16.7. The maximum absolute atomic E-state index is 12.3. The Bertz CT molecular complexity index is 663. The van der Waals surface area contributed by atoms with Gasteiger partial charge in [0.05, 0.1) is 12.2 Å². The van der Waals surface area contributed by atoms with Crippen molar-refractivity contribution in [3.63, 3.8) is 0 Å². The van der Waals surface area contributed by atoms with E-state index in [1.165, 1.54) is 12.1 Å². The zero-order valence-corrected chi connectivity index (χ0v) is 12.7. The Labute approximate surface area is 133 Å². The van der Waals surface area contributed by atoms with Crippen LogP contribution in [0, 0.1) is 0 Å². The Hall–Kier alpha value is -2.63. The third-order valence-electron chi connectivity index (χ3n) is 3.21. The second kappa shape index (κ2) is 8.12. The largest absolute Gasteiger partial charge is 0.433 e. The van der Waals surface area contributed by atoms with Gasteiger partial charge in [-0.1, -0.05) is 37.3 Å². The number of hydrogen-bond acceptors (Lipinski definition) is 3. The van der Waals surface area contributed by atoms with Gasteiger partial charge in [0.1, 0.15) is 5.75 Å². The van der Waals surface area contributed by atoms with Gasteiger partial charge >= 0.3 is 6.61 Å². The third kappa shape index (κ3) is 4.95. The van der Waals surface area contributed by atoms with Crippen LogP contribution >= 0.6 is 0 Å². The van der Waals surface area contributed by atoms with E-state index in [4.69, 9.17) is 0 Å². The Balaban J connectivity index is 1.97. The van der Waals surface area contributed by atoms with Crippen molar-refractivity contribution in [1.82, 2.24) is 0 Å². The molecule has 0 bridgehead atoms. The third-order valence-corrected chi connectivity index (χ3v) is 3.21. The highest BCUT2D eigenvalue weighted by Crippen LogP contribution is 2.25. The smallest absolute Gasteiger partial charge is 0.387 e. The average Bonchev–Trinajstić information content (AvgIpc) is 2.54. The number of carbonyl (C=O) groups is 1. The monoisotopic (exact) mass is 320 g/mol. The van der Waals surface area contributed by atoms with Gasteiger partial charge < -0.3 is 15.4 Å². The first-order valence-electron chi connectivity index (χ1n) is 7.25. The van der Waals surface area contributed by atoms with E-state index in [2.05, 4.69) is 15.4 Å². The molecule has 0 heterocycles. The number of rotatable bonds is 7. The summed E-state index contributed by atoms with van der Waals surface area (Å²) < 4.78 is 29.1. The van der Waals surface area contributed by atoms with Crippen LogP contribution in [0.15, 0.2) is 48.5 Å². The van der Waals surface area contributed by atoms with Gasteiger partial charge in [-0.2, -0.15) is 8.78 Å². The second-order valence-electron chi connectivity index (χ2n) is 4.79. The molecule has 2 aromatic rings. The number of alkyl halides is 2. The molecule has 6 heteroatoms. The van der Waals surface area contributed by atoms with E-state index in [0.29, 0.717) is 0 Å². The lowest BCUT2D eigenvalue weighted by Gasteiger charge is -2.13. The fourth-order valence-corrected chi connectivity index (χ4v) is 2.14. The molecule has 1 amide bonds. The van der Waals surface area contributed by atoms with Gasteiger partial charge in [-0.15, -0.1) is 0 Å². The summed E-state index contributed by atoms with van der Waals surface area (Å²) in [6, 6.07) is 13.8. The first kappa shape index (κ1) is 16.7. The Morgan fingerprint density at radius 1 is 1.09 bits per heavy atom. The molecule has 2 aromatic carbocycles. The number of ether oxygens (including phenoxy) is 1. The maximum Gasteiger partial charge on any atom is 0.387 e. The van der Waals surface area contributed by atoms with Crippen molar-refractivity contribution >= 4 is 17.3 Å². The van der Waals surface area contributed by atoms with Crippen LogP contribution in [0.2, 0.25) is 0 Å². The summed E-state index contributed by atoms with van der Waals surface area (Å²) in [5.41, 5.74) is 2.19. The fourth-order valence-electron chi connectivity index (χ4n) is 2.14. The summed E-state index contributed by atoms with van der Waals surface area (Å²) in [5, 5.41) is 5.61. The van der Waals surface area contributed by atoms with E-state index in [-0.39, 0.29) is 23.9 Å². The first-order chi connectivity index (χ1) is 11.1. The second-order valence-corrected chi connectivity index (χ2v) is 4.79. The number of hydrogen-bond donors (Lipinski definition) is 2. The number of aryl methyl sites for hydroxylation is 1. The molecule has 4 nitrogen and oxygen atoms in total. The molecule has 0 aliphatic heterocycles. The minimum atomic E-state index is -2.94. The minimum absolute atomic E-state index is 0.0278. The molecule has 2 N–H and O–H groups in total. The van der Waals surface area contributed by atoms with Gasteiger partial charge in [0.2, 0.25) is 5.91 Å². The van der Waals surface area contributed by atoms with Crippen LogP contribution < -0.4 is 15.4 Å². The molecular weight excluding hydrogens is 302 g/mol. The number of para-hydroxylation sites is 3. The standard InChI is InChI=1S/C17H18F2N2O2/c1-2-12-7-3-4-8-13(12)20-11-16(22)21-14-9-5-6-10-15(14)23-17(18)19/h3-10,17,20H,2,11H2,1H3,(H,21,22). The average molecular weight is 320 g/mol. The summed E-state index contributed by atoms with van der Waals surface area (Å²) in [5.74, 6) is -0.411. The fraction of sp³-hybridized carbons (Fsp3) is 0.235. The highest BCUT2D eigenvalue weighted by atomic mass is 19.3. The van der Waals surface area contributed by atoms with Crippen molar-refractivity contribution in [3.8, 4) is 5.75 Å². The van der Waals surface area contributed by atoms with E-state index in [9.17, 15) is 13.6 Å². The minimum Gasteiger partial charge on any atom is -0.433 e. The molecular formula is C17H18F2N2O2. The van der Waals surface area contributed by atoms with Crippen LogP contribution in [0.1, 0.15) is 12.5 Å². The van der Waals surface area contributed by atoms with Crippen LogP contribution in [-0.2, 0) is 11.2 Å². The summed E-state index contributed by atoms with van der Waals surface area (Å²) in [6.45, 7) is -0.888. The Morgan fingerprint density at radius 2 is 1.74 bits per heavy atom. The van der Waals surface area contributed by atoms with Crippen molar-refractivity contribution < 1.29 is 18.3 Å². The number of nitrogens with one attached hydrogen (secondary N) is 2. The molecule has 0 aliphatic rings. The highest BCUT2D eigenvalue weighted by molar-refractivity contribution is 5.95. The number of halogens is 2. The van der Waals surface area contributed by atoms with Gasteiger partial charge in [-0.3, -0.25) is 4.79 Å². The van der Waals surface area contributed by atoms with Crippen molar-refractivity contribution in [2.75, 3.05) is 17.2 Å². The van der Waals surface area contributed by atoms with Crippen LogP contribution in [0.5, 0.6) is 5.75 Å². The van der Waals surface area contributed by atoms with E-state index in [1.807, 2.05) is 31.2 Å². The molecule has 0 radical (unpaired) electrons. The topological polar surface area (TPSA) is 50.4 Å². The molecule has 23 heavy (non-hydrogen) atoms. The van der Waals surface area contributed by atoms with Gasteiger partial charge in [-0.05, 0) is 30.2 Å². The lowest BCUT2D eigenvalue weighted by atomic mass is 10.1. The van der Waals surface area contributed by atoms with Crippen LogP contribution in [0.3, 0.4) is 0 Å². The molecule has 0 saturated carbocycles. The predicted molar refractivity (Wildman–Crippen MR) is 86.0 cm³/mol. The van der Waals surface area contributed by atoms with E-state index in [0.717, 1.165) is 17.7 Å². The molecule has 122 valence electrons. The molecule has 2 rings (SSSR count). The Morgan fingerprint density at radius 3 is 2.43 bits per heavy atom. The quantitative estimate of drug-likeness (QED) is 0.813. The lowest BCUT2D eigenvalue weighted by Crippen LogP contribution is -2.22. The zero-order valence-electron chi connectivity index (χ0n) is 12.7. The van der Waals surface area contributed by atoms with Crippen LogP contribution in [0.25, 0.3) is 0 Å². The van der Waals surface area contributed by atoms with Crippen molar-refractivity contribution in [2.24, 2.45) is 0 Å². The summed E-state index contributed by atoms with van der Waals surface area (Å²) >= 11 is 0. The van der Waals surface area contributed by atoms with Crippen molar-refractivity contribution in [1.29, 1.82) is 0 Å². The number of carbonyl (C=O) groups excluding carboxylic acids is 1. The van der Waals surface area contributed by atoms with Gasteiger partial charge in [0.15, 0.2) is 0 Å². The van der Waals surface area contributed by atoms with E-state index >= 15 is 0 Å². The van der Waals surface area contributed by atoms with Crippen molar-refractivity contribution in [3.05, 3.63) is 54.1 Å². The summed E-state index contributed by atoms with van der Waals surface area (Å²) in [4.78, 5) is 12.0. The Kier molecular flexibility index (Phi) is 5.91. The van der Waals surface area contributed by atoms with Crippen LogP contribution in [0.4, 0.5) is 20.2 Å². The molecule has 0 fully saturated rings. The summed E-state index contributed by atoms with van der Waals surface area (Å²) in [7, 11) is 0. The van der Waals surface area contributed by atoms with Crippen molar-refractivity contribution in [2.45, 2.75) is 20.0 Å². The predicted octanol–water partition coefficient (Wildman–Crippen LogP) is 3.90. The number of anilines is 2. The highest BCUT2D eigenvalue weighted by Gasteiger charge is 2.11. The molecule has 0 aromatic heterocycles. The van der Waals surface area contributed by atoms with E-state index in [1.54, 1.807) is 12.1 Å². The van der Waals surface area contributed by atoms with Gasteiger partial charge in [0.25, 0.3) is 0 Å². The molecule has 0 saturated heterocycles. The molecule has 0 atom stereocenters. The van der Waals surface area contributed by atoms with E-state index < -0.39 is 6.61 Å². The lowest BCUT2D eigenvalue weighted by molar-refractivity contribution is -0.114. The number of benzene rings is 2. The molecule has 0 unspecified atom stereocenters. The molecule has 0 aliphatic carbocycles. The molecule has 0 spiro atoms. The van der Waals surface area contributed by atoms with Crippen LogP contribution in [-0.4, -0.2) is 19.1 Å². The number of amides is 1. The van der Waals surface area contributed by atoms with Gasteiger partial charge in [0, 0.05) is 5.69 Å². The van der Waals surface area contributed by atoms with Gasteiger partial charge in [-0.25, -0.2) is 0 Å².